The minimum absolute atomic E-state index is 0.0340. The number of nitro benzene ring substituents is 1. The highest BCUT2D eigenvalue weighted by molar-refractivity contribution is 5.58. The molecule has 1 atom stereocenters. The molecule has 0 bridgehead atoms. The molecule has 6 heteroatoms. The highest BCUT2D eigenvalue weighted by atomic mass is 16.6. The van der Waals surface area contributed by atoms with Crippen molar-refractivity contribution in [2.45, 2.75) is 45.8 Å². The molecule has 2 N–H and O–H groups in total. The largest absolute Gasteiger partial charge is 0.484 e. The van der Waals surface area contributed by atoms with Crippen molar-refractivity contribution in [3.63, 3.8) is 0 Å². The second-order valence-electron chi connectivity index (χ2n) is 5.02. The monoisotopic (exact) mass is 282 g/mol. The molecule has 1 unspecified atom stereocenters. The Morgan fingerprint density at radius 2 is 2.10 bits per heavy atom. The standard InChI is InChI=1S/C14H22N2O4/c1-10(2)20-14-9-12(6-7-13(14)16(18)19)15-8-4-5-11(3)17/h6-7,9-11,15,17H,4-5,8H2,1-3H3. The molecule has 0 aliphatic rings. The van der Waals surface area contributed by atoms with Crippen molar-refractivity contribution in [1.82, 2.24) is 0 Å². The summed E-state index contributed by atoms with van der Waals surface area (Å²) >= 11 is 0. The van der Waals surface area contributed by atoms with Crippen LogP contribution in [0, 0.1) is 10.1 Å². The van der Waals surface area contributed by atoms with Crippen LogP contribution in [0.2, 0.25) is 0 Å². The summed E-state index contributed by atoms with van der Waals surface area (Å²) in [6.45, 7) is 6.10. The summed E-state index contributed by atoms with van der Waals surface area (Å²) in [7, 11) is 0. The average molecular weight is 282 g/mol. The molecule has 0 fully saturated rings. The SMILES string of the molecule is CC(O)CCCNc1ccc([N+](=O)[O-])c(OC(C)C)c1. The van der Waals surface area contributed by atoms with Crippen molar-refractivity contribution in [2.75, 3.05) is 11.9 Å². The van der Waals surface area contributed by atoms with Gasteiger partial charge < -0.3 is 15.2 Å². The van der Waals surface area contributed by atoms with E-state index in [0.717, 1.165) is 18.5 Å². The minimum Gasteiger partial charge on any atom is -0.484 e. The Morgan fingerprint density at radius 3 is 2.65 bits per heavy atom. The molecule has 6 nitrogen and oxygen atoms in total. The maximum absolute atomic E-state index is 10.9. The Bertz CT molecular complexity index is 447. The zero-order valence-corrected chi connectivity index (χ0v) is 12.1. The zero-order chi connectivity index (χ0) is 15.1. The average Bonchev–Trinajstić information content (AvgIpc) is 2.33. The Hall–Kier alpha value is -1.82. The van der Waals surface area contributed by atoms with Crippen molar-refractivity contribution in [1.29, 1.82) is 0 Å². The van der Waals surface area contributed by atoms with Crippen LogP contribution in [0.25, 0.3) is 0 Å². The molecule has 0 radical (unpaired) electrons. The normalized spacial score (nSPS) is 12.2. The van der Waals surface area contributed by atoms with E-state index < -0.39 is 4.92 Å². The number of hydrogen-bond donors (Lipinski definition) is 2. The van der Waals surface area contributed by atoms with E-state index in [-0.39, 0.29) is 23.6 Å². The molecule has 112 valence electrons. The van der Waals surface area contributed by atoms with Crippen LogP contribution in [-0.4, -0.2) is 28.8 Å². The van der Waals surface area contributed by atoms with Crippen LogP contribution in [0.5, 0.6) is 5.75 Å². The summed E-state index contributed by atoms with van der Waals surface area (Å²) in [6.07, 6.45) is 1.11. The predicted molar refractivity (Wildman–Crippen MR) is 78.3 cm³/mol. The summed E-state index contributed by atoms with van der Waals surface area (Å²) < 4.78 is 5.47. The quantitative estimate of drug-likeness (QED) is 0.435. The van der Waals surface area contributed by atoms with Gasteiger partial charge in [-0.05, 0) is 39.7 Å². The number of anilines is 1. The van der Waals surface area contributed by atoms with Crippen LogP contribution in [0.1, 0.15) is 33.6 Å². The van der Waals surface area contributed by atoms with Gasteiger partial charge in [-0.15, -0.1) is 0 Å². The number of nitro groups is 1. The van der Waals surface area contributed by atoms with E-state index in [1.54, 1.807) is 19.1 Å². The molecule has 1 aromatic rings. The summed E-state index contributed by atoms with van der Waals surface area (Å²) in [5, 5.41) is 23.3. The molecular weight excluding hydrogens is 260 g/mol. The molecule has 0 saturated carbocycles. The first-order valence-corrected chi connectivity index (χ1v) is 6.77. The first kappa shape index (κ1) is 16.2. The van der Waals surface area contributed by atoms with E-state index in [1.165, 1.54) is 6.07 Å². The first-order valence-electron chi connectivity index (χ1n) is 6.77. The van der Waals surface area contributed by atoms with Gasteiger partial charge in [0.05, 0.1) is 17.1 Å². The molecule has 20 heavy (non-hydrogen) atoms. The van der Waals surface area contributed by atoms with Crippen molar-refractivity contribution < 1.29 is 14.8 Å². The maximum Gasteiger partial charge on any atom is 0.311 e. The fourth-order valence-corrected chi connectivity index (χ4v) is 1.75. The Balaban J connectivity index is 2.71. The summed E-state index contributed by atoms with van der Waals surface area (Å²) in [5.74, 6) is 0.269. The van der Waals surface area contributed by atoms with Crippen LogP contribution >= 0.6 is 0 Å². The van der Waals surface area contributed by atoms with Crippen molar-refractivity contribution in [2.24, 2.45) is 0 Å². The first-order chi connectivity index (χ1) is 9.40. The number of nitrogens with one attached hydrogen (secondary N) is 1. The minimum atomic E-state index is -0.449. The lowest BCUT2D eigenvalue weighted by Crippen LogP contribution is -2.09. The van der Waals surface area contributed by atoms with Gasteiger partial charge >= 0.3 is 5.69 Å². The lowest BCUT2D eigenvalue weighted by atomic mass is 10.2. The molecule has 1 aromatic carbocycles. The van der Waals surface area contributed by atoms with Gasteiger partial charge in [0.15, 0.2) is 5.75 Å². The van der Waals surface area contributed by atoms with Gasteiger partial charge in [-0.3, -0.25) is 10.1 Å². The summed E-state index contributed by atoms with van der Waals surface area (Å²) in [4.78, 5) is 10.5. The van der Waals surface area contributed by atoms with E-state index in [0.29, 0.717) is 6.54 Å². The number of hydrogen-bond acceptors (Lipinski definition) is 5. The van der Waals surface area contributed by atoms with Crippen LogP contribution in [0.15, 0.2) is 18.2 Å². The molecule has 0 saturated heterocycles. The molecule has 0 aliphatic heterocycles. The molecule has 0 heterocycles. The van der Waals surface area contributed by atoms with Crippen molar-refractivity contribution in [3.8, 4) is 5.75 Å². The lowest BCUT2D eigenvalue weighted by Gasteiger charge is -2.12. The predicted octanol–water partition coefficient (Wildman–Crippen LogP) is 2.95. The van der Waals surface area contributed by atoms with Crippen LogP contribution in [0.4, 0.5) is 11.4 Å². The topological polar surface area (TPSA) is 84.6 Å². The fraction of sp³-hybridized carbons (Fsp3) is 0.571. The second kappa shape index (κ2) is 7.69. The molecule has 0 spiro atoms. The van der Waals surface area contributed by atoms with Crippen LogP contribution in [-0.2, 0) is 0 Å². The van der Waals surface area contributed by atoms with Crippen molar-refractivity contribution >= 4 is 11.4 Å². The van der Waals surface area contributed by atoms with E-state index in [2.05, 4.69) is 5.32 Å². The van der Waals surface area contributed by atoms with Gasteiger partial charge in [0, 0.05) is 24.4 Å². The maximum atomic E-state index is 10.9. The van der Waals surface area contributed by atoms with E-state index in [9.17, 15) is 10.1 Å². The van der Waals surface area contributed by atoms with Gasteiger partial charge in [-0.25, -0.2) is 0 Å². The van der Waals surface area contributed by atoms with E-state index in [1.807, 2.05) is 13.8 Å². The lowest BCUT2D eigenvalue weighted by molar-refractivity contribution is -0.386. The third-order valence-electron chi connectivity index (χ3n) is 2.65. The fourth-order valence-electron chi connectivity index (χ4n) is 1.75. The van der Waals surface area contributed by atoms with Gasteiger partial charge in [-0.1, -0.05) is 0 Å². The van der Waals surface area contributed by atoms with Gasteiger partial charge in [0.25, 0.3) is 0 Å². The summed E-state index contributed by atoms with van der Waals surface area (Å²) in [5.41, 5.74) is 0.741. The second-order valence-corrected chi connectivity index (χ2v) is 5.02. The molecule has 0 aliphatic carbocycles. The molecule has 1 rings (SSSR count). The Kier molecular flexibility index (Phi) is 6.24. The van der Waals surface area contributed by atoms with E-state index in [4.69, 9.17) is 9.84 Å². The molecular formula is C14H22N2O4. The van der Waals surface area contributed by atoms with Crippen LogP contribution in [0.3, 0.4) is 0 Å². The highest BCUT2D eigenvalue weighted by Crippen LogP contribution is 2.30. The smallest absolute Gasteiger partial charge is 0.311 e. The number of nitrogens with zero attached hydrogens (tertiary/aromatic N) is 1. The van der Waals surface area contributed by atoms with Gasteiger partial charge in [0.1, 0.15) is 0 Å². The highest BCUT2D eigenvalue weighted by Gasteiger charge is 2.16. The van der Waals surface area contributed by atoms with Crippen LogP contribution < -0.4 is 10.1 Å². The van der Waals surface area contributed by atoms with E-state index >= 15 is 0 Å². The number of aliphatic hydroxyl groups excluding tert-OH is 1. The Labute approximate surface area is 118 Å². The third-order valence-corrected chi connectivity index (χ3v) is 2.65. The number of rotatable bonds is 8. The third kappa shape index (κ3) is 5.44. The molecule has 0 amide bonds. The zero-order valence-electron chi connectivity index (χ0n) is 12.1. The number of aliphatic hydroxyl groups is 1. The number of benzene rings is 1. The number of ether oxygens (including phenoxy) is 1. The van der Waals surface area contributed by atoms with Gasteiger partial charge in [-0.2, -0.15) is 0 Å². The van der Waals surface area contributed by atoms with Gasteiger partial charge in [0.2, 0.25) is 0 Å². The summed E-state index contributed by atoms with van der Waals surface area (Å²) in [6, 6.07) is 4.74. The Morgan fingerprint density at radius 1 is 1.40 bits per heavy atom. The van der Waals surface area contributed by atoms with Crippen molar-refractivity contribution in [3.05, 3.63) is 28.3 Å². The molecule has 0 aromatic heterocycles.